The van der Waals surface area contributed by atoms with E-state index in [-0.39, 0.29) is 10.6 Å². The van der Waals surface area contributed by atoms with Crippen LogP contribution in [0.15, 0.2) is 76.8 Å². The van der Waals surface area contributed by atoms with Crippen LogP contribution in [0.3, 0.4) is 0 Å². The molecule has 2 aromatic carbocycles. The largest absolute Gasteiger partial charge is 0.278 e. The third kappa shape index (κ3) is 2.47. The van der Waals surface area contributed by atoms with E-state index in [1.54, 1.807) is 30.6 Å². The van der Waals surface area contributed by atoms with Gasteiger partial charge in [-0.2, -0.15) is 0 Å². The van der Waals surface area contributed by atoms with E-state index in [1.807, 2.05) is 30.3 Å². The van der Waals surface area contributed by atoms with E-state index in [0.29, 0.717) is 10.9 Å². The van der Waals surface area contributed by atoms with Gasteiger partial charge in [0.25, 0.3) is 5.69 Å². The first-order valence-electron chi connectivity index (χ1n) is 7.28. The fourth-order valence-electron chi connectivity index (χ4n) is 2.65. The third-order valence-electron chi connectivity index (χ3n) is 3.72. The molecule has 0 aliphatic carbocycles. The van der Waals surface area contributed by atoms with Crippen molar-refractivity contribution < 1.29 is 4.92 Å². The molecule has 6 heteroatoms. The number of non-ortho nitro benzene ring substituents is 1. The summed E-state index contributed by atoms with van der Waals surface area (Å²) < 4.78 is 0. The van der Waals surface area contributed by atoms with Crippen LogP contribution in [0.1, 0.15) is 0 Å². The van der Waals surface area contributed by atoms with Gasteiger partial charge in [-0.1, -0.05) is 30.0 Å². The van der Waals surface area contributed by atoms with Gasteiger partial charge in [0.2, 0.25) is 0 Å². The van der Waals surface area contributed by atoms with Crippen molar-refractivity contribution in [3.05, 3.63) is 77.1 Å². The van der Waals surface area contributed by atoms with Gasteiger partial charge in [0.05, 0.1) is 21.3 Å². The summed E-state index contributed by atoms with van der Waals surface area (Å²) in [5, 5.41) is 12.8. The molecule has 4 aromatic rings. The molecule has 4 rings (SSSR count). The van der Waals surface area contributed by atoms with Crippen LogP contribution in [0, 0.1) is 10.1 Å². The number of nitro benzene ring substituents is 1. The molecule has 0 atom stereocenters. The van der Waals surface area contributed by atoms with Crippen molar-refractivity contribution in [1.29, 1.82) is 0 Å². The number of benzene rings is 2. The lowest BCUT2D eigenvalue weighted by Crippen LogP contribution is -1.92. The van der Waals surface area contributed by atoms with Gasteiger partial charge in [-0.25, -0.2) is 0 Å². The van der Waals surface area contributed by atoms with E-state index >= 15 is 0 Å². The summed E-state index contributed by atoms with van der Waals surface area (Å²) in [5.74, 6) is 0. The highest BCUT2D eigenvalue weighted by molar-refractivity contribution is 7.99. The quantitative estimate of drug-likeness (QED) is 0.396. The first kappa shape index (κ1) is 14.6. The molecule has 0 unspecified atom stereocenters. The Morgan fingerprint density at radius 3 is 2.38 bits per heavy atom. The second-order valence-corrected chi connectivity index (χ2v) is 6.26. The minimum absolute atomic E-state index is 0.0681. The lowest BCUT2D eigenvalue weighted by Gasteiger charge is -2.08. The molecule has 0 spiro atoms. The molecule has 0 amide bonds. The zero-order valence-corrected chi connectivity index (χ0v) is 13.2. The van der Waals surface area contributed by atoms with E-state index in [4.69, 9.17) is 0 Å². The summed E-state index contributed by atoms with van der Waals surface area (Å²) in [7, 11) is 0. The van der Waals surface area contributed by atoms with Crippen LogP contribution in [0.4, 0.5) is 5.69 Å². The Bertz CT molecular complexity index is 1080. The predicted molar refractivity (Wildman–Crippen MR) is 94.3 cm³/mol. The van der Waals surface area contributed by atoms with Crippen LogP contribution in [-0.4, -0.2) is 14.9 Å². The number of para-hydroxylation sites is 1. The van der Waals surface area contributed by atoms with E-state index in [1.165, 1.54) is 17.8 Å². The highest BCUT2D eigenvalue weighted by atomic mass is 32.2. The van der Waals surface area contributed by atoms with Gasteiger partial charge in [0.1, 0.15) is 0 Å². The van der Waals surface area contributed by atoms with Crippen molar-refractivity contribution in [3.8, 4) is 0 Å². The summed E-state index contributed by atoms with van der Waals surface area (Å²) in [6, 6.07) is 16.6. The molecule has 0 bridgehead atoms. The monoisotopic (exact) mass is 333 g/mol. The van der Waals surface area contributed by atoms with Gasteiger partial charge in [-0.3, -0.25) is 20.1 Å². The number of nitro groups is 1. The number of nitrogens with zero attached hydrogens (tertiary/aromatic N) is 3. The fourth-order valence-corrected chi connectivity index (χ4v) is 3.70. The average molecular weight is 333 g/mol. The van der Waals surface area contributed by atoms with Crippen molar-refractivity contribution in [2.24, 2.45) is 0 Å². The van der Waals surface area contributed by atoms with E-state index in [2.05, 4.69) is 9.97 Å². The zero-order chi connectivity index (χ0) is 16.5. The number of fused-ring (bicyclic) bond motifs is 2. The molecule has 0 radical (unpaired) electrons. The first-order valence-corrected chi connectivity index (χ1v) is 8.09. The first-order chi connectivity index (χ1) is 11.7. The van der Waals surface area contributed by atoms with Crippen molar-refractivity contribution in [1.82, 2.24) is 9.97 Å². The Hall–Kier alpha value is -2.99. The van der Waals surface area contributed by atoms with E-state index in [9.17, 15) is 10.1 Å². The second-order valence-electron chi connectivity index (χ2n) is 5.17. The van der Waals surface area contributed by atoms with Crippen LogP contribution in [-0.2, 0) is 0 Å². The maximum Gasteiger partial charge on any atom is 0.278 e. The fraction of sp³-hybridized carbons (Fsp3) is 0. The molecule has 0 saturated heterocycles. The van der Waals surface area contributed by atoms with Crippen molar-refractivity contribution in [2.75, 3.05) is 0 Å². The van der Waals surface area contributed by atoms with Crippen LogP contribution < -0.4 is 0 Å². The molecule has 116 valence electrons. The van der Waals surface area contributed by atoms with Gasteiger partial charge in [0.15, 0.2) is 0 Å². The Labute approximate surface area is 141 Å². The lowest BCUT2D eigenvalue weighted by atomic mass is 10.2. The van der Waals surface area contributed by atoms with Gasteiger partial charge in [0, 0.05) is 33.6 Å². The zero-order valence-electron chi connectivity index (χ0n) is 12.4. The molecule has 24 heavy (non-hydrogen) atoms. The summed E-state index contributed by atoms with van der Waals surface area (Å²) in [6.45, 7) is 0. The van der Waals surface area contributed by atoms with Crippen LogP contribution in [0.25, 0.3) is 21.8 Å². The number of pyridine rings is 2. The normalized spacial score (nSPS) is 11.0. The Balaban J connectivity index is 1.88. The number of aromatic nitrogens is 2. The maximum absolute atomic E-state index is 11.2. The number of rotatable bonds is 3. The van der Waals surface area contributed by atoms with Crippen LogP contribution in [0.2, 0.25) is 0 Å². The Morgan fingerprint density at radius 1 is 0.833 bits per heavy atom. The predicted octanol–water partition coefficient (Wildman–Crippen LogP) is 4.84. The molecule has 0 aliphatic rings. The van der Waals surface area contributed by atoms with E-state index < -0.39 is 0 Å². The second kappa shape index (κ2) is 5.90. The molecule has 0 fully saturated rings. The van der Waals surface area contributed by atoms with Gasteiger partial charge in [-0.15, -0.1) is 0 Å². The summed E-state index contributed by atoms with van der Waals surface area (Å²) >= 11 is 1.52. The van der Waals surface area contributed by atoms with Crippen molar-refractivity contribution in [3.63, 3.8) is 0 Å². The molecular weight excluding hydrogens is 322 g/mol. The maximum atomic E-state index is 11.2. The van der Waals surface area contributed by atoms with Crippen molar-refractivity contribution >= 4 is 39.3 Å². The van der Waals surface area contributed by atoms with Gasteiger partial charge < -0.3 is 0 Å². The molecule has 0 aliphatic heterocycles. The third-order valence-corrected chi connectivity index (χ3v) is 4.82. The average Bonchev–Trinajstić information content (AvgIpc) is 2.62. The highest BCUT2D eigenvalue weighted by Crippen LogP contribution is 2.38. The summed E-state index contributed by atoms with van der Waals surface area (Å²) in [6.07, 6.45) is 3.41. The minimum atomic E-state index is -0.377. The molecular formula is C18H11N3O2S. The van der Waals surface area contributed by atoms with Crippen LogP contribution >= 0.6 is 11.8 Å². The Morgan fingerprint density at radius 2 is 1.54 bits per heavy atom. The molecule has 5 nitrogen and oxygen atoms in total. The molecule has 2 aromatic heterocycles. The smallest absolute Gasteiger partial charge is 0.258 e. The SMILES string of the molecule is O=[N+]([O-])c1ccc(Sc2cccc3cccnc23)c2ncccc12. The standard InChI is InChI=1S/C18H11N3O2S/c22-21(23)14-8-9-16(18-13(14)6-3-11-20-18)24-15-7-1-4-12-5-2-10-19-17(12)15/h1-11H. The lowest BCUT2D eigenvalue weighted by molar-refractivity contribution is -0.383. The van der Waals surface area contributed by atoms with E-state index in [0.717, 1.165) is 20.7 Å². The minimum Gasteiger partial charge on any atom is -0.258 e. The molecule has 0 N–H and O–H groups in total. The number of hydrogen-bond acceptors (Lipinski definition) is 5. The van der Waals surface area contributed by atoms with Gasteiger partial charge >= 0.3 is 0 Å². The summed E-state index contributed by atoms with van der Waals surface area (Å²) in [4.78, 5) is 21.5. The Kier molecular flexibility index (Phi) is 3.59. The topological polar surface area (TPSA) is 68.9 Å². The highest BCUT2D eigenvalue weighted by Gasteiger charge is 2.16. The van der Waals surface area contributed by atoms with Crippen molar-refractivity contribution in [2.45, 2.75) is 9.79 Å². The molecule has 2 heterocycles. The van der Waals surface area contributed by atoms with Gasteiger partial charge in [-0.05, 0) is 30.3 Å². The summed E-state index contributed by atoms with van der Waals surface area (Å²) in [5.41, 5.74) is 1.61. The molecule has 0 saturated carbocycles. The number of hydrogen-bond donors (Lipinski definition) is 0. The van der Waals surface area contributed by atoms with Crippen LogP contribution in [0.5, 0.6) is 0 Å².